The van der Waals surface area contributed by atoms with E-state index in [1.165, 1.54) is 12.1 Å². The molecule has 4 atom stereocenters. The predicted molar refractivity (Wildman–Crippen MR) is 95.0 cm³/mol. The van der Waals surface area contributed by atoms with Gasteiger partial charge in [-0.25, -0.2) is 4.39 Å². The fraction of sp³-hybridized carbons (Fsp3) is 0.632. The van der Waals surface area contributed by atoms with Crippen molar-refractivity contribution in [2.24, 2.45) is 0 Å². The summed E-state index contributed by atoms with van der Waals surface area (Å²) in [7, 11) is 0. The molecular weight excluding hydrogens is 394 g/mol. The van der Waals surface area contributed by atoms with E-state index in [-0.39, 0.29) is 18.0 Å². The second kappa shape index (κ2) is 8.08. The van der Waals surface area contributed by atoms with Crippen LogP contribution in [0, 0.1) is 5.82 Å². The van der Waals surface area contributed by atoms with Crippen LogP contribution in [0.4, 0.5) is 17.6 Å². The number of carbonyl (C=O) groups is 1. The van der Waals surface area contributed by atoms with E-state index in [9.17, 15) is 22.4 Å². The van der Waals surface area contributed by atoms with Crippen molar-refractivity contribution in [2.75, 3.05) is 32.8 Å². The van der Waals surface area contributed by atoms with Crippen LogP contribution in [0.25, 0.3) is 0 Å². The first-order chi connectivity index (χ1) is 13.8. The van der Waals surface area contributed by atoms with Gasteiger partial charge in [0.25, 0.3) is 0 Å². The molecule has 1 aromatic carbocycles. The van der Waals surface area contributed by atoms with Crippen LogP contribution in [0.15, 0.2) is 18.2 Å². The van der Waals surface area contributed by atoms with Crippen molar-refractivity contribution in [1.82, 2.24) is 15.5 Å². The van der Waals surface area contributed by atoms with Crippen molar-refractivity contribution < 1.29 is 31.8 Å². The highest BCUT2D eigenvalue weighted by atomic mass is 19.4. The van der Waals surface area contributed by atoms with Gasteiger partial charge in [-0.3, -0.25) is 9.69 Å². The molecule has 2 fully saturated rings. The van der Waals surface area contributed by atoms with Gasteiger partial charge in [0, 0.05) is 43.7 Å². The molecule has 6 nitrogen and oxygen atoms in total. The molecule has 2 N–H and O–H groups in total. The van der Waals surface area contributed by atoms with Gasteiger partial charge >= 0.3 is 6.18 Å². The first-order valence-electron chi connectivity index (χ1n) is 9.67. The molecule has 0 spiro atoms. The van der Waals surface area contributed by atoms with Crippen molar-refractivity contribution in [3.05, 3.63) is 29.6 Å². The van der Waals surface area contributed by atoms with Gasteiger partial charge in [-0.1, -0.05) is 6.07 Å². The van der Waals surface area contributed by atoms with Crippen LogP contribution in [0.5, 0.6) is 5.75 Å². The maximum atomic E-state index is 13.4. The fourth-order valence-electron chi connectivity index (χ4n) is 4.25. The summed E-state index contributed by atoms with van der Waals surface area (Å²) in [4.78, 5) is 14.8. The molecule has 2 saturated heterocycles. The van der Waals surface area contributed by atoms with E-state index in [2.05, 4.69) is 10.6 Å². The second-order valence-electron chi connectivity index (χ2n) is 7.73. The average molecular weight is 417 g/mol. The number of nitrogens with one attached hydrogen (secondary N) is 2. The third-order valence-electron chi connectivity index (χ3n) is 5.64. The average Bonchev–Trinajstić information content (AvgIpc) is 3.08. The number of fused-ring (bicyclic) bond motifs is 2. The Hall–Kier alpha value is -1.91. The normalized spacial score (nSPS) is 29.7. The highest BCUT2D eigenvalue weighted by Crippen LogP contribution is 2.33. The summed E-state index contributed by atoms with van der Waals surface area (Å²) in [5, 5.41) is 6.17. The Morgan fingerprint density at radius 2 is 2.17 bits per heavy atom. The monoisotopic (exact) mass is 417 g/mol. The zero-order valence-electron chi connectivity index (χ0n) is 15.7. The van der Waals surface area contributed by atoms with Crippen LogP contribution in [0.3, 0.4) is 0 Å². The quantitative estimate of drug-likeness (QED) is 0.732. The first kappa shape index (κ1) is 20.4. The number of hydrogen-bond acceptors (Lipinski definition) is 5. The molecule has 1 amide bonds. The summed E-state index contributed by atoms with van der Waals surface area (Å²) < 4.78 is 60.9. The third kappa shape index (κ3) is 4.81. The smallest absolute Gasteiger partial charge is 0.411 e. The molecule has 3 heterocycles. The summed E-state index contributed by atoms with van der Waals surface area (Å²) in [6.07, 6.45) is -3.73. The predicted octanol–water partition coefficient (Wildman–Crippen LogP) is 1.76. The van der Waals surface area contributed by atoms with Gasteiger partial charge in [-0.05, 0) is 12.5 Å². The summed E-state index contributed by atoms with van der Waals surface area (Å²) in [5.41, 5.74) is 0.737. The highest BCUT2D eigenvalue weighted by molar-refractivity contribution is 5.82. The molecule has 0 aliphatic carbocycles. The van der Waals surface area contributed by atoms with Gasteiger partial charge < -0.3 is 20.1 Å². The zero-order valence-corrected chi connectivity index (χ0v) is 15.7. The molecule has 4 rings (SSSR count). The van der Waals surface area contributed by atoms with Gasteiger partial charge in [0.2, 0.25) is 5.91 Å². The molecule has 0 saturated carbocycles. The van der Waals surface area contributed by atoms with Gasteiger partial charge in [0.05, 0.1) is 24.8 Å². The Kier molecular flexibility index (Phi) is 5.67. The Labute approximate surface area is 165 Å². The van der Waals surface area contributed by atoms with E-state index in [0.29, 0.717) is 44.8 Å². The van der Waals surface area contributed by atoms with Crippen LogP contribution in [0.1, 0.15) is 24.4 Å². The molecule has 10 heteroatoms. The number of nitrogens with zero attached hydrogens (tertiary/aromatic N) is 1. The Morgan fingerprint density at radius 3 is 2.97 bits per heavy atom. The van der Waals surface area contributed by atoms with Crippen LogP contribution < -0.4 is 15.4 Å². The molecule has 160 valence electrons. The van der Waals surface area contributed by atoms with Gasteiger partial charge in [0.15, 0.2) is 0 Å². The van der Waals surface area contributed by atoms with Crippen LogP contribution >= 0.6 is 0 Å². The Morgan fingerprint density at radius 1 is 1.34 bits per heavy atom. The molecule has 0 radical (unpaired) electrons. The minimum Gasteiger partial charge on any atom is -0.493 e. The van der Waals surface area contributed by atoms with Gasteiger partial charge in [-0.15, -0.1) is 0 Å². The first-order valence-corrected chi connectivity index (χ1v) is 9.67. The molecular formula is C19H23F4N3O3. The maximum Gasteiger partial charge on any atom is 0.411 e. The number of amides is 1. The lowest BCUT2D eigenvalue weighted by Crippen LogP contribution is -2.59. The van der Waals surface area contributed by atoms with Crippen molar-refractivity contribution >= 4 is 5.91 Å². The SMILES string of the molecule is O=C(N[C@@H]1CCOc2cc(F)ccc21)[C@@H]1CN2C[C@H](OCC(F)(F)F)C[C@@H]2CN1. The van der Waals surface area contributed by atoms with E-state index in [1.54, 1.807) is 6.07 Å². The summed E-state index contributed by atoms with van der Waals surface area (Å²) >= 11 is 0. The van der Waals surface area contributed by atoms with E-state index in [1.807, 2.05) is 4.90 Å². The number of carbonyl (C=O) groups excluding carboxylic acids is 1. The van der Waals surface area contributed by atoms with Gasteiger partial charge in [-0.2, -0.15) is 13.2 Å². The highest BCUT2D eigenvalue weighted by Gasteiger charge is 2.41. The van der Waals surface area contributed by atoms with Crippen LogP contribution in [-0.4, -0.2) is 68.0 Å². The number of alkyl halides is 3. The number of benzene rings is 1. The van der Waals surface area contributed by atoms with Crippen molar-refractivity contribution in [3.8, 4) is 5.75 Å². The fourth-order valence-corrected chi connectivity index (χ4v) is 4.25. The van der Waals surface area contributed by atoms with Crippen molar-refractivity contribution in [2.45, 2.75) is 43.2 Å². The summed E-state index contributed by atoms with van der Waals surface area (Å²) in [6.45, 7) is 0.429. The molecule has 1 aromatic rings. The molecule has 0 unspecified atom stereocenters. The van der Waals surface area contributed by atoms with Crippen molar-refractivity contribution in [1.29, 1.82) is 0 Å². The lowest BCUT2D eigenvalue weighted by Gasteiger charge is -2.36. The van der Waals surface area contributed by atoms with E-state index < -0.39 is 30.7 Å². The third-order valence-corrected chi connectivity index (χ3v) is 5.64. The summed E-state index contributed by atoms with van der Waals surface area (Å²) in [5.74, 6) is -0.153. The minimum atomic E-state index is -4.34. The lowest BCUT2D eigenvalue weighted by atomic mass is 9.99. The maximum absolute atomic E-state index is 13.4. The van der Waals surface area contributed by atoms with Gasteiger partial charge in [0.1, 0.15) is 18.2 Å². The minimum absolute atomic E-state index is 0.0593. The number of piperazine rings is 1. The van der Waals surface area contributed by atoms with Crippen molar-refractivity contribution in [3.63, 3.8) is 0 Å². The molecule has 29 heavy (non-hydrogen) atoms. The topological polar surface area (TPSA) is 62.8 Å². The van der Waals surface area contributed by atoms with E-state index in [0.717, 1.165) is 5.56 Å². The standard InChI is InChI=1S/C19H23F4N3O3/c20-11-1-2-14-15(3-4-28-17(14)5-11)25-18(27)16-9-26-8-13(6-12(26)7-24-16)29-10-19(21,22)23/h1-2,5,12-13,15-16,24H,3-4,6-10H2,(H,25,27)/t12-,13-,15-,16+/m1/s1. The second-order valence-corrected chi connectivity index (χ2v) is 7.73. The number of rotatable bonds is 4. The van der Waals surface area contributed by atoms with Crippen LogP contribution in [-0.2, 0) is 9.53 Å². The Bertz CT molecular complexity index is 761. The van der Waals surface area contributed by atoms with E-state index in [4.69, 9.17) is 9.47 Å². The largest absolute Gasteiger partial charge is 0.493 e. The molecule has 3 aliphatic rings. The lowest BCUT2D eigenvalue weighted by molar-refractivity contribution is -0.183. The van der Waals surface area contributed by atoms with E-state index >= 15 is 0 Å². The number of halogens is 4. The molecule has 0 bridgehead atoms. The zero-order chi connectivity index (χ0) is 20.6. The molecule has 3 aliphatic heterocycles. The number of ether oxygens (including phenoxy) is 2. The number of hydrogen-bond donors (Lipinski definition) is 2. The Balaban J connectivity index is 1.32. The molecule has 0 aromatic heterocycles. The van der Waals surface area contributed by atoms with Crippen LogP contribution in [0.2, 0.25) is 0 Å². The summed E-state index contributed by atoms with van der Waals surface area (Å²) in [6, 6.07) is 3.57.